The Balaban J connectivity index is 1.71. The lowest BCUT2D eigenvalue weighted by molar-refractivity contribution is 0.0853. The smallest absolute Gasteiger partial charge is 0.270 e. The highest BCUT2D eigenvalue weighted by molar-refractivity contribution is 5.93. The van der Waals surface area contributed by atoms with Crippen LogP contribution in [0.4, 0.5) is 11.5 Å². The standard InChI is InChI=1S/C19H24N4O4/c1-12-21-15(19(24)20-11-14-5-4-8-27-14)10-18(22-12)23-13-6-7-16(25-2)17(9-13)26-3/h6-7,9-10,14H,4-5,8,11H2,1-3H3,(H,20,24)(H,21,22,23). The first-order chi connectivity index (χ1) is 13.1. The Morgan fingerprint density at radius 1 is 1.22 bits per heavy atom. The number of nitrogens with zero attached hydrogens (tertiary/aromatic N) is 2. The summed E-state index contributed by atoms with van der Waals surface area (Å²) < 4.78 is 16.1. The third kappa shape index (κ3) is 4.85. The second-order valence-corrected chi connectivity index (χ2v) is 6.23. The molecule has 1 fully saturated rings. The summed E-state index contributed by atoms with van der Waals surface area (Å²) in [6.07, 6.45) is 2.09. The molecule has 1 atom stereocenters. The van der Waals surface area contributed by atoms with Crippen LogP contribution in [0, 0.1) is 6.92 Å². The fourth-order valence-corrected chi connectivity index (χ4v) is 2.91. The van der Waals surface area contributed by atoms with E-state index >= 15 is 0 Å². The van der Waals surface area contributed by atoms with Gasteiger partial charge in [-0.3, -0.25) is 4.79 Å². The second kappa shape index (κ2) is 8.68. The van der Waals surface area contributed by atoms with E-state index in [2.05, 4.69) is 20.6 Å². The average molecular weight is 372 g/mol. The third-order valence-electron chi connectivity index (χ3n) is 4.24. The molecular formula is C19H24N4O4. The van der Waals surface area contributed by atoms with E-state index in [4.69, 9.17) is 14.2 Å². The summed E-state index contributed by atoms with van der Waals surface area (Å²) in [6.45, 7) is 2.99. The van der Waals surface area contributed by atoms with Gasteiger partial charge in [0.2, 0.25) is 0 Å². The van der Waals surface area contributed by atoms with Gasteiger partial charge in [-0.1, -0.05) is 0 Å². The number of hydrogen-bond acceptors (Lipinski definition) is 7. The van der Waals surface area contributed by atoms with Gasteiger partial charge >= 0.3 is 0 Å². The Morgan fingerprint density at radius 3 is 2.74 bits per heavy atom. The number of rotatable bonds is 7. The third-order valence-corrected chi connectivity index (χ3v) is 4.24. The molecule has 1 unspecified atom stereocenters. The molecule has 0 spiro atoms. The Kier molecular flexibility index (Phi) is 6.08. The molecule has 2 aromatic rings. The Hall–Kier alpha value is -2.87. The van der Waals surface area contributed by atoms with E-state index in [1.807, 2.05) is 6.07 Å². The van der Waals surface area contributed by atoms with Crippen molar-refractivity contribution in [3.8, 4) is 11.5 Å². The molecule has 0 saturated carbocycles. The predicted octanol–water partition coefficient (Wildman–Crippen LogP) is 2.45. The van der Waals surface area contributed by atoms with E-state index in [0.29, 0.717) is 35.4 Å². The van der Waals surface area contributed by atoms with Crippen molar-refractivity contribution in [3.05, 3.63) is 35.8 Å². The largest absolute Gasteiger partial charge is 0.493 e. The monoisotopic (exact) mass is 372 g/mol. The molecule has 3 rings (SSSR count). The summed E-state index contributed by atoms with van der Waals surface area (Å²) in [5.74, 6) is 2.02. The minimum absolute atomic E-state index is 0.0845. The number of anilines is 2. The number of amides is 1. The first-order valence-electron chi connectivity index (χ1n) is 8.83. The van der Waals surface area contributed by atoms with Crippen LogP contribution in [0.5, 0.6) is 11.5 Å². The molecule has 0 aliphatic carbocycles. The van der Waals surface area contributed by atoms with Gasteiger partial charge in [0.1, 0.15) is 17.3 Å². The van der Waals surface area contributed by atoms with Crippen molar-refractivity contribution < 1.29 is 19.0 Å². The van der Waals surface area contributed by atoms with Crippen molar-refractivity contribution in [2.75, 3.05) is 32.7 Å². The Morgan fingerprint density at radius 2 is 2.04 bits per heavy atom. The summed E-state index contributed by atoms with van der Waals surface area (Å²) in [5.41, 5.74) is 1.07. The summed E-state index contributed by atoms with van der Waals surface area (Å²) >= 11 is 0. The molecule has 27 heavy (non-hydrogen) atoms. The molecule has 2 heterocycles. The molecule has 0 radical (unpaired) electrons. The molecule has 1 aromatic carbocycles. The van der Waals surface area contributed by atoms with E-state index < -0.39 is 0 Å². The van der Waals surface area contributed by atoms with Gasteiger partial charge in [-0.25, -0.2) is 9.97 Å². The fraction of sp³-hybridized carbons (Fsp3) is 0.421. The summed E-state index contributed by atoms with van der Waals surface area (Å²) in [4.78, 5) is 21.0. The number of aryl methyl sites for hydroxylation is 1. The van der Waals surface area contributed by atoms with Crippen molar-refractivity contribution in [3.63, 3.8) is 0 Å². The van der Waals surface area contributed by atoms with E-state index in [1.54, 1.807) is 39.3 Å². The second-order valence-electron chi connectivity index (χ2n) is 6.23. The van der Waals surface area contributed by atoms with Crippen LogP contribution in [0.3, 0.4) is 0 Å². The van der Waals surface area contributed by atoms with Crippen molar-refractivity contribution in [1.29, 1.82) is 0 Å². The van der Waals surface area contributed by atoms with Gasteiger partial charge < -0.3 is 24.8 Å². The van der Waals surface area contributed by atoms with Gasteiger partial charge in [-0.05, 0) is 31.9 Å². The molecule has 1 saturated heterocycles. The van der Waals surface area contributed by atoms with Crippen molar-refractivity contribution in [1.82, 2.24) is 15.3 Å². The van der Waals surface area contributed by atoms with E-state index in [-0.39, 0.29) is 12.0 Å². The first kappa shape index (κ1) is 18.9. The fourth-order valence-electron chi connectivity index (χ4n) is 2.91. The number of hydrogen-bond donors (Lipinski definition) is 2. The molecule has 8 nitrogen and oxygen atoms in total. The number of aromatic nitrogens is 2. The van der Waals surface area contributed by atoms with Crippen molar-refractivity contribution in [2.24, 2.45) is 0 Å². The van der Waals surface area contributed by atoms with E-state index in [0.717, 1.165) is 25.1 Å². The zero-order valence-corrected chi connectivity index (χ0v) is 15.7. The van der Waals surface area contributed by atoms with Crippen molar-refractivity contribution >= 4 is 17.4 Å². The number of methoxy groups -OCH3 is 2. The van der Waals surface area contributed by atoms with E-state index in [1.165, 1.54) is 0 Å². The maximum Gasteiger partial charge on any atom is 0.270 e. The highest BCUT2D eigenvalue weighted by Crippen LogP contribution is 2.30. The van der Waals surface area contributed by atoms with Gasteiger partial charge in [-0.15, -0.1) is 0 Å². The number of benzene rings is 1. The lowest BCUT2D eigenvalue weighted by Gasteiger charge is -2.13. The van der Waals surface area contributed by atoms with E-state index in [9.17, 15) is 4.79 Å². The SMILES string of the molecule is COc1ccc(Nc2cc(C(=O)NCC3CCCO3)nc(C)n2)cc1OC. The molecule has 0 bridgehead atoms. The topological polar surface area (TPSA) is 94.6 Å². The molecule has 1 aromatic heterocycles. The van der Waals surface area contributed by atoms with Gasteiger partial charge in [0.15, 0.2) is 11.5 Å². The van der Waals surface area contributed by atoms with Crippen molar-refractivity contribution in [2.45, 2.75) is 25.9 Å². The van der Waals surface area contributed by atoms with Gasteiger partial charge in [0.05, 0.1) is 20.3 Å². The zero-order valence-electron chi connectivity index (χ0n) is 15.7. The molecule has 2 N–H and O–H groups in total. The van der Waals surface area contributed by atoms with Gasteiger partial charge in [0.25, 0.3) is 5.91 Å². The number of ether oxygens (including phenoxy) is 3. The highest BCUT2D eigenvalue weighted by atomic mass is 16.5. The van der Waals surface area contributed by atoms with Crippen LogP contribution in [0.15, 0.2) is 24.3 Å². The van der Waals surface area contributed by atoms with Crippen LogP contribution in [0.2, 0.25) is 0 Å². The zero-order chi connectivity index (χ0) is 19.2. The van der Waals surface area contributed by atoms with Gasteiger partial charge in [-0.2, -0.15) is 0 Å². The number of carbonyl (C=O) groups is 1. The molecule has 1 amide bonds. The Labute approximate surface area is 158 Å². The summed E-state index contributed by atoms with van der Waals surface area (Å²) in [6, 6.07) is 7.06. The number of carbonyl (C=O) groups excluding carboxylic acids is 1. The molecular weight excluding hydrogens is 348 g/mol. The van der Waals surface area contributed by atoms with Crippen LogP contribution in [0.25, 0.3) is 0 Å². The highest BCUT2D eigenvalue weighted by Gasteiger charge is 2.18. The summed E-state index contributed by atoms with van der Waals surface area (Å²) in [7, 11) is 3.16. The van der Waals surface area contributed by atoms with Crippen LogP contribution in [-0.2, 0) is 4.74 Å². The molecule has 1 aliphatic heterocycles. The average Bonchev–Trinajstić information content (AvgIpc) is 3.19. The lowest BCUT2D eigenvalue weighted by Crippen LogP contribution is -2.32. The first-order valence-corrected chi connectivity index (χ1v) is 8.83. The van der Waals surface area contributed by atoms with Crippen LogP contribution >= 0.6 is 0 Å². The van der Waals surface area contributed by atoms with Crippen LogP contribution in [-0.4, -0.2) is 49.4 Å². The minimum Gasteiger partial charge on any atom is -0.493 e. The predicted molar refractivity (Wildman–Crippen MR) is 101 cm³/mol. The maximum absolute atomic E-state index is 12.4. The quantitative estimate of drug-likeness (QED) is 0.771. The lowest BCUT2D eigenvalue weighted by atomic mass is 10.2. The molecule has 144 valence electrons. The van der Waals surface area contributed by atoms with Gasteiger partial charge in [0, 0.05) is 31.0 Å². The number of nitrogens with one attached hydrogen (secondary N) is 2. The van der Waals surface area contributed by atoms with Crippen LogP contribution < -0.4 is 20.1 Å². The van der Waals surface area contributed by atoms with Crippen LogP contribution in [0.1, 0.15) is 29.2 Å². The Bertz CT molecular complexity index is 806. The molecule has 1 aliphatic rings. The minimum atomic E-state index is -0.244. The normalized spacial score (nSPS) is 16.0. The summed E-state index contributed by atoms with van der Waals surface area (Å²) in [5, 5.41) is 6.05. The molecule has 8 heteroatoms. The maximum atomic E-state index is 12.4.